The molecule has 17 heavy (non-hydrogen) atoms. The van der Waals surface area contributed by atoms with Gasteiger partial charge in [0.15, 0.2) is 0 Å². The van der Waals surface area contributed by atoms with Crippen LogP contribution >= 0.6 is 0 Å². The van der Waals surface area contributed by atoms with E-state index in [-0.39, 0.29) is 39.7 Å². The summed E-state index contributed by atoms with van der Waals surface area (Å²) >= 11 is 0. The topological polar surface area (TPSA) is 69.7 Å². The zero-order valence-electron chi connectivity index (χ0n) is 11.2. The van der Waals surface area contributed by atoms with Crippen LogP contribution in [0, 0.1) is 0 Å². The van der Waals surface area contributed by atoms with E-state index in [0.717, 1.165) is 0 Å². The first-order valence-electron chi connectivity index (χ1n) is 5.05. The molecule has 0 bridgehead atoms. The van der Waals surface area contributed by atoms with Gasteiger partial charge < -0.3 is 14.3 Å². The van der Waals surface area contributed by atoms with Gasteiger partial charge in [0.1, 0.15) is 5.78 Å². The predicted molar refractivity (Wildman–Crippen MR) is 58.8 cm³/mol. The number of Topliss-reactive ketones (excluding diaryl/α,β-unsaturated/α-hetero) is 1. The molecular weight excluding hydrogens is 260 g/mol. The SMILES string of the molecule is CC(C)=O.CC(C)OC(=O)C(=O)OC(C)C.[Ti]. The van der Waals surface area contributed by atoms with Gasteiger partial charge in [-0.25, -0.2) is 9.59 Å². The second-order valence-electron chi connectivity index (χ2n) is 3.82. The molecule has 6 heteroatoms. The van der Waals surface area contributed by atoms with E-state index in [9.17, 15) is 14.4 Å². The van der Waals surface area contributed by atoms with Crippen LogP contribution < -0.4 is 0 Å². The molecule has 0 atom stereocenters. The molecule has 0 saturated carbocycles. The van der Waals surface area contributed by atoms with Crippen LogP contribution in [0.2, 0.25) is 0 Å². The van der Waals surface area contributed by atoms with Crippen molar-refractivity contribution in [3.8, 4) is 0 Å². The Morgan fingerprint density at radius 2 is 0.941 bits per heavy atom. The van der Waals surface area contributed by atoms with Crippen molar-refractivity contribution in [1.29, 1.82) is 0 Å². The molecular formula is C11H20O5Ti. The number of ether oxygens (including phenoxy) is 2. The molecule has 0 spiro atoms. The van der Waals surface area contributed by atoms with Crippen molar-refractivity contribution in [1.82, 2.24) is 0 Å². The first-order chi connectivity index (χ1) is 7.16. The molecule has 0 aliphatic rings. The summed E-state index contributed by atoms with van der Waals surface area (Å²) in [6, 6.07) is 0. The number of hydrogen-bond donors (Lipinski definition) is 0. The van der Waals surface area contributed by atoms with E-state index in [2.05, 4.69) is 9.47 Å². The van der Waals surface area contributed by atoms with Crippen molar-refractivity contribution in [3.63, 3.8) is 0 Å². The Balaban J connectivity index is -0.000000340. The van der Waals surface area contributed by atoms with Crippen molar-refractivity contribution < 1.29 is 45.6 Å². The van der Waals surface area contributed by atoms with Crippen molar-refractivity contribution in [3.05, 3.63) is 0 Å². The fourth-order valence-corrected chi connectivity index (χ4v) is 0.524. The molecule has 0 aromatic rings. The second kappa shape index (κ2) is 11.8. The molecule has 0 saturated heterocycles. The molecule has 5 nitrogen and oxygen atoms in total. The third kappa shape index (κ3) is 21.2. The van der Waals surface area contributed by atoms with Crippen LogP contribution in [-0.4, -0.2) is 29.9 Å². The Hall–Kier alpha value is -0.676. The van der Waals surface area contributed by atoms with Gasteiger partial charge in [0.2, 0.25) is 0 Å². The van der Waals surface area contributed by atoms with E-state index in [1.165, 1.54) is 13.8 Å². The largest absolute Gasteiger partial charge is 0.455 e. The molecule has 0 aromatic carbocycles. The van der Waals surface area contributed by atoms with E-state index in [1.807, 2.05) is 0 Å². The maximum absolute atomic E-state index is 10.8. The predicted octanol–water partition coefficient (Wildman–Crippen LogP) is 1.48. The van der Waals surface area contributed by atoms with Crippen molar-refractivity contribution in [2.75, 3.05) is 0 Å². The standard InChI is InChI=1S/C8H14O4.C3H6O.Ti/c1-5(2)11-7(9)8(10)12-6(3)4;1-3(2)4;/h5-6H,1-4H3;1-2H3;. The molecule has 0 aliphatic carbocycles. The fourth-order valence-electron chi connectivity index (χ4n) is 0.524. The van der Waals surface area contributed by atoms with Gasteiger partial charge in [-0.1, -0.05) is 0 Å². The summed E-state index contributed by atoms with van der Waals surface area (Å²) in [6.07, 6.45) is -0.588. The Morgan fingerprint density at radius 3 is 1.06 bits per heavy atom. The molecule has 0 aromatic heterocycles. The Morgan fingerprint density at radius 1 is 0.765 bits per heavy atom. The Bertz CT molecular complexity index is 224. The van der Waals surface area contributed by atoms with Crippen LogP contribution in [0.25, 0.3) is 0 Å². The Labute approximate surface area is 117 Å². The number of esters is 2. The van der Waals surface area contributed by atoms with Gasteiger partial charge in [-0.2, -0.15) is 0 Å². The normalized spacial score (nSPS) is 8.71. The number of ketones is 1. The fraction of sp³-hybridized carbons (Fsp3) is 0.727. The van der Waals surface area contributed by atoms with Crippen LogP contribution in [0.1, 0.15) is 41.5 Å². The molecule has 0 rings (SSSR count). The molecule has 0 N–H and O–H groups in total. The summed E-state index contributed by atoms with van der Waals surface area (Å²) in [4.78, 5) is 31.0. The third-order valence-corrected chi connectivity index (χ3v) is 0.852. The van der Waals surface area contributed by atoms with E-state index in [1.54, 1.807) is 27.7 Å². The number of hydrogen-bond acceptors (Lipinski definition) is 5. The van der Waals surface area contributed by atoms with E-state index >= 15 is 0 Å². The minimum atomic E-state index is -0.932. The third-order valence-electron chi connectivity index (χ3n) is 0.852. The van der Waals surface area contributed by atoms with Gasteiger partial charge in [-0.15, -0.1) is 0 Å². The van der Waals surface area contributed by atoms with Gasteiger partial charge in [-0.3, -0.25) is 0 Å². The van der Waals surface area contributed by atoms with Crippen molar-refractivity contribution in [2.45, 2.75) is 53.8 Å². The monoisotopic (exact) mass is 280 g/mol. The van der Waals surface area contributed by atoms with Crippen LogP contribution in [0.4, 0.5) is 0 Å². The summed E-state index contributed by atoms with van der Waals surface area (Å²) in [7, 11) is 0. The molecule has 0 fully saturated rings. The van der Waals surface area contributed by atoms with E-state index in [0.29, 0.717) is 0 Å². The quantitative estimate of drug-likeness (QED) is 0.435. The summed E-state index contributed by atoms with van der Waals surface area (Å²) in [5, 5.41) is 0. The molecule has 0 heterocycles. The molecule has 98 valence electrons. The van der Waals surface area contributed by atoms with Crippen LogP contribution in [-0.2, 0) is 45.6 Å². The second-order valence-corrected chi connectivity index (χ2v) is 3.82. The van der Waals surface area contributed by atoms with Crippen molar-refractivity contribution >= 4 is 17.7 Å². The smallest absolute Gasteiger partial charge is 0.417 e. The van der Waals surface area contributed by atoms with E-state index in [4.69, 9.17) is 0 Å². The summed E-state index contributed by atoms with van der Waals surface area (Å²) in [5.41, 5.74) is 0. The minimum absolute atomic E-state index is 0. The Kier molecular flexibility index (Phi) is 15.0. The number of rotatable bonds is 2. The van der Waals surface area contributed by atoms with E-state index < -0.39 is 11.9 Å². The first-order valence-corrected chi connectivity index (χ1v) is 5.05. The van der Waals surface area contributed by atoms with Crippen molar-refractivity contribution in [2.24, 2.45) is 0 Å². The van der Waals surface area contributed by atoms with Crippen LogP contribution in [0.5, 0.6) is 0 Å². The number of carbonyl (C=O) groups excluding carboxylic acids is 3. The summed E-state index contributed by atoms with van der Waals surface area (Å²) in [5.74, 6) is -1.70. The van der Waals surface area contributed by atoms with Gasteiger partial charge in [0, 0.05) is 21.7 Å². The summed E-state index contributed by atoms with van der Waals surface area (Å²) < 4.78 is 9.20. The molecule has 0 unspecified atom stereocenters. The average Bonchev–Trinajstić information content (AvgIpc) is 1.99. The van der Waals surface area contributed by atoms with Crippen LogP contribution in [0.3, 0.4) is 0 Å². The molecule has 0 radical (unpaired) electrons. The van der Waals surface area contributed by atoms with Gasteiger partial charge >= 0.3 is 11.9 Å². The summed E-state index contributed by atoms with van der Waals surface area (Å²) in [6.45, 7) is 9.72. The zero-order chi connectivity index (χ0) is 13.3. The maximum Gasteiger partial charge on any atom is 0.417 e. The van der Waals surface area contributed by atoms with Crippen LogP contribution in [0.15, 0.2) is 0 Å². The molecule has 0 aliphatic heterocycles. The average molecular weight is 280 g/mol. The first kappa shape index (κ1) is 21.6. The number of carbonyl (C=O) groups is 3. The molecule has 0 amide bonds. The van der Waals surface area contributed by atoms with Gasteiger partial charge in [0.05, 0.1) is 12.2 Å². The van der Waals surface area contributed by atoms with Gasteiger partial charge in [-0.05, 0) is 41.5 Å². The van der Waals surface area contributed by atoms with Gasteiger partial charge in [0.25, 0.3) is 0 Å². The maximum atomic E-state index is 10.8. The minimum Gasteiger partial charge on any atom is -0.455 e. The zero-order valence-corrected chi connectivity index (χ0v) is 12.8.